The van der Waals surface area contributed by atoms with Gasteiger partial charge in [0.2, 0.25) is 10.0 Å². The predicted molar refractivity (Wildman–Crippen MR) is 124 cm³/mol. The Hall–Kier alpha value is -2.22. The Kier molecular flexibility index (Phi) is 7.28. The number of benzene rings is 2. The Balaban J connectivity index is 1.62. The molecule has 1 unspecified atom stereocenters. The molecule has 4 rings (SSSR count). The van der Waals surface area contributed by atoms with E-state index in [1.165, 1.54) is 0 Å². The van der Waals surface area contributed by atoms with E-state index in [0.29, 0.717) is 37.3 Å². The molecule has 1 amide bonds. The molecule has 0 saturated carbocycles. The van der Waals surface area contributed by atoms with E-state index in [4.69, 9.17) is 4.74 Å². The van der Waals surface area contributed by atoms with Crippen molar-refractivity contribution in [1.29, 1.82) is 0 Å². The molecular formula is C25H32N2O4S. The standard InChI is InChI=1S/C25H32N2O4S/c1-20-12-13-22(17-24(20)32(29,30)27-14-6-3-7-15-27)25(28)26(19-23-11-8-16-31-23)18-21-9-4-2-5-10-21/h2,4-5,9-10,12-13,17,23H,3,6-8,11,14-16,18-19H2,1H3. The van der Waals surface area contributed by atoms with Gasteiger partial charge in [0.25, 0.3) is 5.91 Å². The summed E-state index contributed by atoms with van der Waals surface area (Å²) in [6, 6.07) is 14.9. The van der Waals surface area contributed by atoms with Gasteiger partial charge in [-0.15, -0.1) is 0 Å². The first-order chi connectivity index (χ1) is 15.4. The highest BCUT2D eigenvalue weighted by Crippen LogP contribution is 2.26. The summed E-state index contributed by atoms with van der Waals surface area (Å²) in [4.78, 5) is 15.6. The van der Waals surface area contributed by atoms with Crippen molar-refractivity contribution in [2.45, 2.75) is 56.6 Å². The van der Waals surface area contributed by atoms with Gasteiger partial charge in [0.15, 0.2) is 0 Å². The summed E-state index contributed by atoms with van der Waals surface area (Å²) in [6.45, 7) is 4.55. The molecule has 6 nitrogen and oxygen atoms in total. The van der Waals surface area contributed by atoms with E-state index >= 15 is 0 Å². The van der Waals surface area contributed by atoms with Crippen molar-refractivity contribution in [3.05, 3.63) is 65.2 Å². The topological polar surface area (TPSA) is 66.9 Å². The molecule has 0 aromatic heterocycles. The minimum absolute atomic E-state index is 0.0182. The van der Waals surface area contributed by atoms with Crippen LogP contribution in [0.4, 0.5) is 0 Å². The molecule has 2 saturated heterocycles. The van der Waals surface area contributed by atoms with E-state index in [1.807, 2.05) is 30.3 Å². The summed E-state index contributed by atoms with van der Waals surface area (Å²) < 4.78 is 34.0. The van der Waals surface area contributed by atoms with Crippen molar-refractivity contribution in [3.8, 4) is 0 Å². The van der Waals surface area contributed by atoms with Gasteiger partial charge in [-0.3, -0.25) is 4.79 Å². The molecule has 2 aliphatic heterocycles. The number of carbonyl (C=O) groups is 1. The van der Waals surface area contributed by atoms with Crippen molar-refractivity contribution >= 4 is 15.9 Å². The number of carbonyl (C=O) groups excluding carboxylic acids is 1. The van der Waals surface area contributed by atoms with Crippen LogP contribution in [-0.4, -0.2) is 55.9 Å². The highest BCUT2D eigenvalue weighted by atomic mass is 32.2. The summed E-state index contributed by atoms with van der Waals surface area (Å²) >= 11 is 0. The number of hydrogen-bond acceptors (Lipinski definition) is 4. The Morgan fingerprint density at radius 2 is 1.81 bits per heavy atom. The molecular weight excluding hydrogens is 424 g/mol. The lowest BCUT2D eigenvalue weighted by Crippen LogP contribution is -2.38. The summed E-state index contributed by atoms with van der Waals surface area (Å²) in [7, 11) is -3.62. The lowest BCUT2D eigenvalue weighted by molar-refractivity contribution is 0.0507. The first-order valence-electron chi connectivity index (χ1n) is 11.5. The lowest BCUT2D eigenvalue weighted by Gasteiger charge is -2.28. The molecule has 0 radical (unpaired) electrons. The van der Waals surface area contributed by atoms with Gasteiger partial charge in [-0.2, -0.15) is 4.31 Å². The van der Waals surface area contributed by atoms with E-state index < -0.39 is 10.0 Å². The van der Waals surface area contributed by atoms with Crippen LogP contribution in [0.25, 0.3) is 0 Å². The smallest absolute Gasteiger partial charge is 0.254 e. The molecule has 0 spiro atoms. The lowest BCUT2D eigenvalue weighted by atomic mass is 10.1. The van der Waals surface area contributed by atoms with Crippen molar-refractivity contribution in [2.24, 2.45) is 0 Å². The number of rotatable bonds is 7. The zero-order valence-electron chi connectivity index (χ0n) is 18.7. The monoisotopic (exact) mass is 456 g/mol. The van der Waals surface area contributed by atoms with Crippen molar-refractivity contribution in [3.63, 3.8) is 0 Å². The second-order valence-corrected chi connectivity index (χ2v) is 10.7. The Morgan fingerprint density at radius 3 is 2.50 bits per heavy atom. The van der Waals surface area contributed by atoms with E-state index in [-0.39, 0.29) is 16.9 Å². The van der Waals surface area contributed by atoms with E-state index in [0.717, 1.165) is 44.3 Å². The SMILES string of the molecule is Cc1ccc(C(=O)N(Cc2ccccc2)CC2CCCO2)cc1S(=O)(=O)N1CCCCC1. The first kappa shape index (κ1) is 23.0. The van der Waals surface area contributed by atoms with Crippen molar-refractivity contribution in [1.82, 2.24) is 9.21 Å². The molecule has 2 heterocycles. The number of aryl methyl sites for hydroxylation is 1. The second kappa shape index (κ2) is 10.1. The number of hydrogen-bond donors (Lipinski definition) is 0. The highest BCUT2D eigenvalue weighted by molar-refractivity contribution is 7.89. The summed E-state index contributed by atoms with van der Waals surface area (Å²) in [5, 5.41) is 0. The fourth-order valence-corrected chi connectivity index (χ4v) is 6.26. The van der Waals surface area contributed by atoms with Crippen LogP contribution in [0.2, 0.25) is 0 Å². The van der Waals surface area contributed by atoms with Crippen LogP contribution in [0.5, 0.6) is 0 Å². The number of sulfonamides is 1. The quantitative estimate of drug-likeness (QED) is 0.632. The molecule has 2 aromatic carbocycles. The predicted octanol–water partition coefficient (Wildman–Crippen LogP) is 3.99. The van der Waals surface area contributed by atoms with Gasteiger partial charge in [-0.05, 0) is 55.9 Å². The van der Waals surface area contributed by atoms with Crippen LogP contribution in [0.1, 0.15) is 53.6 Å². The molecule has 2 aromatic rings. The fraction of sp³-hybridized carbons (Fsp3) is 0.480. The zero-order valence-corrected chi connectivity index (χ0v) is 19.5. The average molecular weight is 457 g/mol. The van der Waals surface area contributed by atoms with Gasteiger partial charge in [0.05, 0.1) is 11.0 Å². The minimum atomic E-state index is -3.62. The molecule has 1 atom stereocenters. The molecule has 7 heteroatoms. The summed E-state index contributed by atoms with van der Waals surface area (Å²) in [5.41, 5.74) is 2.10. The summed E-state index contributed by atoms with van der Waals surface area (Å²) in [5.74, 6) is -0.167. The van der Waals surface area contributed by atoms with Gasteiger partial charge >= 0.3 is 0 Å². The molecule has 2 fully saturated rings. The van der Waals surface area contributed by atoms with Crippen LogP contribution in [0.3, 0.4) is 0 Å². The summed E-state index contributed by atoms with van der Waals surface area (Å²) in [6.07, 6.45) is 4.76. The number of piperidine rings is 1. The highest BCUT2D eigenvalue weighted by Gasteiger charge is 2.29. The molecule has 0 aliphatic carbocycles. The molecule has 0 N–H and O–H groups in total. The molecule has 172 valence electrons. The minimum Gasteiger partial charge on any atom is -0.376 e. The molecule has 0 bridgehead atoms. The van der Waals surface area contributed by atoms with Gasteiger partial charge < -0.3 is 9.64 Å². The maximum atomic E-state index is 13.6. The maximum Gasteiger partial charge on any atom is 0.254 e. The van der Waals surface area contributed by atoms with Crippen molar-refractivity contribution in [2.75, 3.05) is 26.2 Å². The number of ether oxygens (including phenoxy) is 1. The van der Waals surface area contributed by atoms with Crippen LogP contribution in [-0.2, 0) is 21.3 Å². The van der Waals surface area contributed by atoms with Crippen molar-refractivity contribution < 1.29 is 17.9 Å². The zero-order chi connectivity index (χ0) is 22.6. The number of amides is 1. The van der Waals surface area contributed by atoms with E-state index in [9.17, 15) is 13.2 Å². The average Bonchev–Trinajstić information content (AvgIpc) is 3.33. The van der Waals surface area contributed by atoms with Gasteiger partial charge in [-0.25, -0.2) is 8.42 Å². The third-order valence-electron chi connectivity index (χ3n) is 6.32. The van der Waals surface area contributed by atoms with Crippen LogP contribution >= 0.6 is 0 Å². The first-order valence-corrected chi connectivity index (χ1v) is 12.9. The number of nitrogens with zero attached hydrogens (tertiary/aromatic N) is 2. The van der Waals surface area contributed by atoms with Gasteiger partial charge in [-0.1, -0.05) is 42.8 Å². The Bertz CT molecular complexity index is 1030. The molecule has 32 heavy (non-hydrogen) atoms. The third kappa shape index (κ3) is 5.22. The fourth-order valence-electron chi connectivity index (χ4n) is 4.50. The van der Waals surface area contributed by atoms with Crippen LogP contribution in [0.15, 0.2) is 53.4 Å². The largest absolute Gasteiger partial charge is 0.376 e. The van der Waals surface area contributed by atoms with Gasteiger partial charge in [0.1, 0.15) is 0 Å². The molecule has 2 aliphatic rings. The van der Waals surface area contributed by atoms with Crippen LogP contribution in [0, 0.1) is 6.92 Å². The third-order valence-corrected chi connectivity index (χ3v) is 8.36. The Morgan fingerprint density at radius 1 is 1.06 bits per heavy atom. The normalized spacial score (nSPS) is 19.7. The van der Waals surface area contributed by atoms with Crippen LogP contribution < -0.4 is 0 Å². The van der Waals surface area contributed by atoms with E-state index in [2.05, 4.69) is 0 Å². The Labute approximate surface area is 191 Å². The van der Waals surface area contributed by atoms with E-state index in [1.54, 1.807) is 34.3 Å². The maximum absolute atomic E-state index is 13.6. The van der Waals surface area contributed by atoms with Gasteiger partial charge in [0, 0.05) is 38.3 Å². The second-order valence-electron chi connectivity index (χ2n) is 8.75.